The van der Waals surface area contributed by atoms with Gasteiger partial charge in [-0.2, -0.15) is 0 Å². The molecule has 0 aromatic heterocycles. The zero-order valence-corrected chi connectivity index (χ0v) is 14.3. The van der Waals surface area contributed by atoms with Crippen molar-refractivity contribution in [3.05, 3.63) is 12.2 Å². The highest BCUT2D eigenvalue weighted by molar-refractivity contribution is 6.44. The number of carbonyl (C=O) groups is 1. The number of hydrogen-bond donors (Lipinski definition) is 0. The van der Waals surface area contributed by atoms with Crippen LogP contribution < -0.4 is 0 Å². The fourth-order valence-electron chi connectivity index (χ4n) is 2.28. The SMILES string of the molecule is CC(C)(C)OC(=O)C1C(/C=C\COCC(Cl)Cl)C1(C)C. The molecule has 1 rings (SSSR count). The average Bonchev–Trinajstić information content (AvgIpc) is 2.77. The minimum Gasteiger partial charge on any atom is -0.460 e. The lowest BCUT2D eigenvalue weighted by atomic mass is 10.1. The first-order chi connectivity index (χ1) is 9.05. The lowest BCUT2D eigenvalue weighted by Gasteiger charge is -2.19. The quantitative estimate of drug-likeness (QED) is 0.321. The minimum absolute atomic E-state index is 0.0552. The van der Waals surface area contributed by atoms with Crippen LogP contribution in [0.3, 0.4) is 0 Å². The van der Waals surface area contributed by atoms with Gasteiger partial charge in [0.05, 0.1) is 19.1 Å². The van der Waals surface area contributed by atoms with E-state index in [1.807, 2.05) is 32.9 Å². The molecule has 116 valence electrons. The highest BCUT2D eigenvalue weighted by Crippen LogP contribution is 2.59. The lowest BCUT2D eigenvalue weighted by molar-refractivity contribution is -0.157. The maximum atomic E-state index is 12.1. The Kier molecular flexibility index (Phi) is 5.94. The summed E-state index contributed by atoms with van der Waals surface area (Å²) in [4.78, 5) is 11.6. The standard InChI is InChI=1S/C15H24Cl2O3/c1-14(2,3)20-13(18)12-10(15(12,4)5)7-6-8-19-9-11(16)17/h6-7,10-12H,8-9H2,1-5H3/b7-6-. The predicted octanol–water partition coefficient (Wildman–Crippen LogP) is 3.98. The van der Waals surface area contributed by atoms with Gasteiger partial charge < -0.3 is 9.47 Å². The first kappa shape index (κ1) is 17.8. The fourth-order valence-corrected chi connectivity index (χ4v) is 2.46. The van der Waals surface area contributed by atoms with Crippen LogP contribution in [0.2, 0.25) is 0 Å². The molecule has 0 amide bonds. The normalized spacial score (nSPS) is 25.2. The van der Waals surface area contributed by atoms with E-state index >= 15 is 0 Å². The van der Waals surface area contributed by atoms with Crippen LogP contribution >= 0.6 is 23.2 Å². The molecule has 0 heterocycles. The zero-order chi connectivity index (χ0) is 15.6. The van der Waals surface area contributed by atoms with Gasteiger partial charge >= 0.3 is 5.97 Å². The molecule has 0 radical (unpaired) electrons. The van der Waals surface area contributed by atoms with Crippen LogP contribution in [0.1, 0.15) is 34.6 Å². The van der Waals surface area contributed by atoms with E-state index < -0.39 is 10.4 Å². The van der Waals surface area contributed by atoms with Crippen molar-refractivity contribution in [2.45, 2.75) is 45.1 Å². The molecule has 1 fully saturated rings. The molecule has 3 nitrogen and oxygen atoms in total. The second-order valence-electron chi connectivity index (χ2n) is 6.71. The molecule has 20 heavy (non-hydrogen) atoms. The number of rotatable bonds is 6. The first-order valence-electron chi connectivity index (χ1n) is 6.81. The molecule has 1 aliphatic rings. The number of ether oxygens (including phenoxy) is 2. The topological polar surface area (TPSA) is 35.5 Å². The number of hydrogen-bond acceptors (Lipinski definition) is 3. The number of allylic oxidation sites excluding steroid dienone is 1. The summed E-state index contributed by atoms with van der Waals surface area (Å²) < 4.78 is 10.7. The Morgan fingerprint density at radius 2 is 1.95 bits per heavy atom. The second-order valence-corrected chi connectivity index (χ2v) is 7.99. The molecule has 2 atom stereocenters. The molecular formula is C15H24Cl2O3. The van der Waals surface area contributed by atoms with Gasteiger partial charge in [-0.3, -0.25) is 4.79 Å². The van der Waals surface area contributed by atoms with Crippen molar-refractivity contribution >= 4 is 29.2 Å². The second kappa shape index (κ2) is 6.67. The molecule has 0 aromatic rings. The Hall–Kier alpha value is -0.250. The average molecular weight is 323 g/mol. The zero-order valence-electron chi connectivity index (χ0n) is 12.8. The number of halogens is 2. The molecule has 2 unspecified atom stereocenters. The summed E-state index contributed by atoms with van der Waals surface area (Å²) in [6, 6.07) is 0. The van der Waals surface area contributed by atoms with Crippen molar-refractivity contribution in [1.29, 1.82) is 0 Å². The third-order valence-corrected chi connectivity index (χ3v) is 3.62. The van der Waals surface area contributed by atoms with E-state index in [0.717, 1.165) is 0 Å². The molecule has 0 saturated heterocycles. The van der Waals surface area contributed by atoms with Crippen molar-refractivity contribution in [2.75, 3.05) is 13.2 Å². The summed E-state index contributed by atoms with van der Waals surface area (Å²) in [5, 5.41) is 0. The van der Waals surface area contributed by atoms with Crippen molar-refractivity contribution in [1.82, 2.24) is 0 Å². The summed E-state index contributed by atoms with van der Waals surface area (Å²) >= 11 is 11.1. The van der Waals surface area contributed by atoms with Gasteiger partial charge in [-0.25, -0.2) is 0 Å². The van der Waals surface area contributed by atoms with Crippen LogP contribution in [0, 0.1) is 17.3 Å². The maximum absolute atomic E-state index is 12.1. The number of alkyl halides is 2. The van der Waals surface area contributed by atoms with Gasteiger partial charge in [0, 0.05) is 0 Å². The summed E-state index contributed by atoms with van der Waals surface area (Å²) in [6.07, 6.45) is 3.93. The van der Waals surface area contributed by atoms with Crippen molar-refractivity contribution in [3.8, 4) is 0 Å². The van der Waals surface area contributed by atoms with Crippen LogP contribution in [0.4, 0.5) is 0 Å². The van der Waals surface area contributed by atoms with Gasteiger partial charge in [-0.15, -0.1) is 23.2 Å². The third-order valence-electron chi connectivity index (χ3n) is 3.37. The Morgan fingerprint density at radius 3 is 2.45 bits per heavy atom. The number of esters is 1. The van der Waals surface area contributed by atoms with E-state index in [1.54, 1.807) is 0 Å². The third kappa shape index (κ3) is 5.27. The fraction of sp³-hybridized carbons (Fsp3) is 0.800. The van der Waals surface area contributed by atoms with E-state index in [-0.39, 0.29) is 23.2 Å². The molecular weight excluding hydrogens is 299 g/mol. The van der Waals surface area contributed by atoms with E-state index in [9.17, 15) is 4.79 Å². The largest absolute Gasteiger partial charge is 0.460 e. The Balaban J connectivity index is 2.44. The van der Waals surface area contributed by atoms with Gasteiger partial charge in [0.15, 0.2) is 0 Å². The predicted molar refractivity (Wildman–Crippen MR) is 82.1 cm³/mol. The monoisotopic (exact) mass is 322 g/mol. The molecule has 0 spiro atoms. The Labute approximate surface area is 131 Å². The van der Waals surface area contributed by atoms with E-state index in [0.29, 0.717) is 13.2 Å². The molecule has 1 aliphatic carbocycles. The van der Waals surface area contributed by atoms with Gasteiger partial charge in [0.2, 0.25) is 0 Å². The summed E-state index contributed by atoms with van der Waals surface area (Å²) in [5.41, 5.74) is -0.497. The molecule has 0 bridgehead atoms. The summed E-state index contributed by atoms with van der Waals surface area (Å²) in [5.74, 6) is -0.00447. The molecule has 0 N–H and O–H groups in total. The van der Waals surface area contributed by atoms with Crippen LogP contribution in [-0.4, -0.2) is 29.6 Å². The van der Waals surface area contributed by atoms with E-state index in [2.05, 4.69) is 13.8 Å². The first-order valence-corrected chi connectivity index (χ1v) is 7.68. The highest BCUT2D eigenvalue weighted by atomic mass is 35.5. The Bertz CT molecular complexity index is 370. The van der Waals surface area contributed by atoms with Crippen molar-refractivity contribution < 1.29 is 14.3 Å². The van der Waals surface area contributed by atoms with Crippen LogP contribution in [0.5, 0.6) is 0 Å². The highest BCUT2D eigenvalue weighted by Gasteiger charge is 2.61. The van der Waals surface area contributed by atoms with Crippen molar-refractivity contribution in [2.24, 2.45) is 17.3 Å². The molecule has 0 aromatic carbocycles. The van der Waals surface area contributed by atoms with E-state index in [4.69, 9.17) is 32.7 Å². The molecule has 0 aliphatic heterocycles. The maximum Gasteiger partial charge on any atom is 0.310 e. The lowest BCUT2D eigenvalue weighted by Crippen LogP contribution is -2.26. The van der Waals surface area contributed by atoms with Gasteiger partial charge in [-0.05, 0) is 32.1 Å². The van der Waals surface area contributed by atoms with Crippen LogP contribution in [0.25, 0.3) is 0 Å². The van der Waals surface area contributed by atoms with Gasteiger partial charge in [0.1, 0.15) is 10.4 Å². The smallest absolute Gasteiger partial charge is 0.310 e. The van der Waals surface area contributed by atoms with Gasteiger partial charge in [0.25, 0.3) is 0 Å². The van der Waals surface area contributed by atoms with E-state index in [1.165, 1.54) is 0 Å². The minimum atomic E-state index is -0.504. The summed E-state index contributed by atoms with van der Waals surface area (Å²) in [6.45, 7) is 10.5. The molecule has 5 heteroatoms. The Morgan fingerprint density at radius 1 is 1.35 bits per heavy atom. The summed E-state index contributed by atoms with van der Waals surface area (Å²) in [7, 11) is 0. The number of carbonyl (C=O) groups excluding carboxylic acids is 1. The van der Waals surface area contributed by atoms with Gasteiger partial charge in [-0.1, -0.05) is 26.0 Å². The van der Waals surface area contributed by atoms with Crippen molar-refractivity contribution in [3.63, 3.8) is 0 Å². The molecule has 1 saturated carbocycles. The van der Waals surface area contributed by atoms with Crippen LogP contribution in [-0.2, 0) is 14.3 Å². The van der Waals surface area contributed by atoms with Crippen LogP contribution in [0.15, 0.2) is 12.2 Å².